The van der Waals surface area contributed by atoms with Crippen molar-refractivity contribution in [3.8, 4) is 0 Å². The first-order valence-corrected chi connectivity index (χ1v) is 29.9. The van der Waals surface area contributed by atoms with E-state index in [1.54, 1.807) is 0 Å². The second-order valence-corrected chi connectivity index (χ2v) is 19.8. The lowest BCUT2D eigenvalue weighted by molar-refractivity contribution is -0.161. The van der Waals surface area contributed by atoms with Crippen molar-refractivity contribution in [3.63, 3.8) is 0 Å². The van der Waals surface area contributed by atoms with Gasteiger partial charge in [0.25, 0.3) is 0 Å². The molecule has 0 aromatic heterocycles. The number of aliphatic hydroxyl groups is 1. The SMILES string of the molecule is CC/C=C\C/C=C\C/C=C\C/C=C\C/C=C\CCCCCC(=O)OCC(COP(=O)(O)OCC(CO)OC(=O)CCCCCCC/C=C\CCCC)OC(=O)CCCCCC/C=C\C/C=C\C/C=C\C/C=C\CC. The van der Waals surface area contributed by atoms with Crippen LogP contribution in [0.4, 0.5) is 0 Å². The Morgan fingerprint density at radius 2 is 0.703 bits per heavy atom. The number of ether oxygens (including phenoxy) is 3. The molecule has 0 rings (SSSR count). The summed E-state index contributed by atoms with van der Waals surface area (Å²) in [5.74, 6) is -1.56. The topological polar surface area (TPSA) is 155 Å². The molecule has 2 N–H and O–H groups in total. The van der Waals surface area contributed by atoms with Gasteiger partial charge >= 0.3 is 25.7 Å². The van der Waals surface area contributed by atoms with Crippen molar-refractivity contribution in [1.29, 1.82) is 0 Å². The van der Waals surface area contributed by atoms with Gasteiger partial charge in [-0.25, -0.2) is 4.57 Å². The van der Waals surface area contributed by atoms with Crippen molar-refractivity contribution < 1.29 is 52.2 Å². The lowest BCUT2D eigenvalue weighted by Crippen LogP contribution is -2.30. The number of carbonyl (C=O) groups excluding carboxylic acids is 3. The van der Waals surface area contributed by atoms with Crippen LogP contribution in [-0.2, 0) is 42.2 Å². The molecule has 11 nitrogen and oxygen atoms in total. The molecule has 74 heavy (non-hydrogen) atoms. The number of unbranched alkanes of at least 4 members (excludes halogenated alkanes) is 14. The van der Waals surface area contributed by atoms with Crippen molar-refractivity contribution in [2.75, 3.05) is 26.4 Å². The van der Waals surface area contributed by atoms with Gasteiger partial charge in [0.05, 0.1) is 19.8 Å². The molecule has 0 bridgehead atoms. The first kappa shape index (κ1) is 69.9. The van der Waals surface area contributed by atoms with E-state index in [0.717, 1.165) is 141 Å². The maximum Gasteiger partial charge on any atom is 0.472 e. The summed E-state index contributed by atoms with van der Waals surface area (Å²) in [5, 5.41) is 9.79. The number of phosphoric ester groups is 1. The molecule has 0 aromatic carbocycles. The van der Waals surface area contributed by atoms with Crippen molar-refractivity contribution in [2.45, 2.75) is 226 Å². The normalized spacial score (nSPS) is 14.3. The predicted octanol–water partition coefficient (Wildman–Crippen LogP) is 16.8. The highest BCUT2D eigenvalue weighted by atomic mass is 31.2. The van der Waals surface area contributed by atoms with E-state index in [4.69, 9.17) is 23.3 Å². The van der Waals surface area contributed by atoms with E-state index in [-0.39, 0.29) is 25.9 Å². The van der Waals surface area contributed by atoms with Gasteiger partial charge in [-0.2, -0.15) is 0 Å². The number of allylic oxidation sites excluding steroid dienone is 20. The lowest BCUT2D eigenvalue weighted by atomic mass is 10.1. The van der Waals surface area contributed by atoms with Gasteiger partial charge in [-0.15, -0.1) is 0 Å². The number of carbonyl (C=O) groups is 3. The van der Waals surface area contributed by atoms with Gasteiger partial charge < -0.3 is 24.2 Å². The molecule has 12 heteroatoms. The van der Waals surface area contributed by atoms with E-state index in [1.807, 2.05) is 0 Å². The third-order valence-electron chi connectivity index (χ3n) is 11.3. The van der Waals surface area contributed by atoms with Crippen molar-refractivity contribution in [1.82, 2.24) is 0 Å². The summed E-state index contributed by atoms with van der Waals surface area (Å²) in [4.78, 5) is 48.5. The quantitative estimate of drug-likeness (QED) is 0.0197. The predicted molar refractivity (Wildman–Crippen MR) is 306 cm³/mol. The summed E-state index contributed by atoms with van der Waals surface area (Å²) < 4.78 is 39.4. The zero-order valence-corrected chi connectivity index (χ0v) is 47.2. The van der Waals surface area contributed by atoms with Gasteiger partial charge in [0.1, 0.15) is 12.7 Å². The summed E-state index contributed by atoms with van der Waals surface area (Å²) in [7, 11) is -4.77. The first-order valence-electron chi connectivity index (χ1n) is 28.4. The van der Waals surface area contributed by atoms with Gasteiger partial charge in [0, 0.05) is 19.3 Å². The molecule has 420 valence electrons. The van der Waals surface area contributed by atoms with Crippen LogP contribution in [0.15, 0.2) is 122 Å². The van der Waals surface area contributed by atoms with Crippen molar-refractivity contribution >= 4 is 25.7 Å². The number of esters is 3. The molecular weight excluding hydrogens is 952 g/mol. The van der Waals surface area contributed by atoms with Gasteiger partial charge in [0.15, 0.2) is 6.10 Å². The molecule has 0 fully saturated rings. The zero-order chi connectivity index (χ0) is 54.1. The molecule has 3 atom stereocenters. The van der Waals surface area contributed by atoms with Gasteiger partial charge in [-0.05, 0) is 122 Å². The Morgan fingerprint density at radius 1 is 0.392 bits per heavy atom. The minimum absolute atomic E-state index is 0.125. The summed E-state index contributed by atoms with van der Waals surface area (Å²) in [6.07, 6.45) is 67.3. The van der Waals surface area contributed by atoms with E-state index < -0.39 is 57.8 Å². The number of hydrogen-bond acceptors (Lipinski definition) is 10. The van der Waals surface area contributed by atoms with Crippen LogP contribution < -0.4 is 0 Å². The third kappa shape index (κ3) is 52.7. The Bertz CT molecular complexity index is 1700. The fraction of sp³-hybridized carbons (Fsp3) is 0.629. The van der Waals surface area contributed by atoms with E-state index in [2.05, 4.69) is 142 Å². The highest BCUT2D eigenvalue weighted by Gasteiger charge is 2.28. The van der Waals surface area contributed by atoms with Gasteiger partial charge in [-0.1, -0.05) is 194 Å². The van der Waals surface area contributed by atoms with Gasteiger partial charge in [0.2, 0.25) is 0 Å². The molecule has 0 amide bonds. The minimum Gasteiger partial charge on any atom is -0.462 e. The highest BCUT2D eigenvalue weighted by Crippen LogP contribution is 2.43. The van der Waals surface area contributed by atoms with E-state index in [0.29, 0.717) is 19.3 Å². The van der Waals surface area contributed by atoms with Crippen LogP contribution in [0.5, 0.6) is 0 Å². The van der Waals surface area contributed by atoms with Crippen LogP contribution in [0, 0.1) is 0 Å². The van der Waals surface area contributed by atoms with Crippen molar-refractivity contribution in [3.05, 3.63) is 122 Å². The fourth-order valence-electron chi connectivity index (χ4n) is 7.06. The number of rotatable bonds is 51. The molecule has 0 saturated heterocycles. The van der Waals surface area contributed by atoms with Crippen molar-refractivity contribution in [2.24, 2.45) is 0 Å². The maximum atomic E-state index is 12.9. The fourth-order valence-corrected chi connectivity index (χ4v) is 7.84. The second kappa shape index (κ2) is 55.1. The average molecular weight is 1050 g/mol. The molecule has 0 heterocycles. The van der Waals surface area contributed by atoms with Crippen LogP contribution in [0.25, 0.3) is 0 Å². The smallest absolute Gasteiger partial charge is 0.462 e. The van der Waals surface area contributed by atoms with E-state index >= 15 is 0 Å². The minimum atomic E-state index is -4.77. The number of hydrogen-bond donors (Lipinski definition) is 2. The van der Waals surface area contributed by atoms with Crippen LogP contribution >= 0.6 is 7.82 Å². The molecule has 0 aliphatic heterocycles. The average Bonchev–Trinajstić information content (AvgIpc) is 3.39. The molecule has 0 aliphatic carbocycles. The summed E-state index contributed by atoms with van der Waals surface area (Å²) >= 11 is 0. The Kier molecular flexibility index (Phi) is 52.1. The van der Waals surface area contributed by atoms with Crippen LogP contribution in [0.1, 0.15) is 213 Å². The zero-order valence-electron chi connectivity index (χ0n) is 46.3. The Hall–Kier alpha value is -4.12. The Morgan fingerprint density at radius 3 is 1.11 bits per heavy atom. The van der Waals surface area contributed by atoms with E-state index in [1.165, 1.54) is 12.8 Å². The largest absolute Gasteiger partial charge is 0.472 e. The van der Waals surface area contributed by atoms with Crippen LogP contribution in [0.3, 0.4) is 0 Å². The van der Waals surface area contributed by atoms with Gasteiger partial charge in [-0.3, -0.25) is 23.4 Å². The first-order chi connectivity index (χ1) is 36.2. The van der Waals surface area contributed by atoms with Crippen LogP contribution in [0.2, 0.25) is 0 Å². The van der Waals surface area contributed by atoms with Crippen LogP contribution in [-0.4, -0.2) is 66.5 Å². The third-order valence-corrected chi connectivity index (χ3v) is 12.3. The summed E-state index contributed by atoms with van der Waals surface area (Å²) in [5.41, 5.74) is 0. The number of phosphoric acid groups is 1. The molecule has 0 spiro atoms. The highest BCUT2D eigenvalue weighted by molar-refractivity contribution is 7.47. The molecule has 0 radical (unpaired) electrons. The molecular formula is C62H101O11P. The summed E-state index contributed by atoms with van der Waals surface area (Å²) in [6, 6.07) is 0. The molecule has 0 aliphatic rings. The Balaban J connectivity index is 4.86. The second-order valence-electron chi connectivity index (χ2n) is 18.3. The number of aliphatic hydroxyl groups excluding tert-OH is 1. The van der Waals surface area contributed by atoms with E-state index in [9.17, 15) is 28.9 Å². The molecule has 3 unspecified atom stereocenters. The Labute approximate surface area is 449 Å². The standard InChI is InChI=1S/C62H101O11P/c1-4-7-10-13-16-19-22-24-26-28-29-31-32-34-37-39-42-45-48-51-60(64)69-55-59(73-62(66)53-50-47-44-41-38-35-33-30-27-25-23-20-17-14-11-8-5-2)57-71-74(67,68)70-56-58(54-63)72-61(65)52-49-46-43-40-36-21-18-15-12-9-6-3/h7-8,10-11,15-20,24-27,29,31,33-35,37,58-59,63H,4-6,9,12-14,21-23,28,30,32,36,38-57H2,1-3H3,(H,67,68)/b10-7-,11-8-,18-15-,19-16-,20-17-,26-24-,27-25-,31-29-,35-33-,37-34-. The summed E-state index contributed by atoms with van der Waals surface area (Å²) in [6.45, 7) is 4.28. The maximum absolute atomic E-state index is 12.9. The molecule has 0 saturated carbocycles. The monoisotopic (exact) mass is 1050 g/mol. The molecule has 0 aromatic rings. The lowest BCUT2D eigenvalue weighted by Gasteiger charge is -2.21.